The number of hydrogen-bond acceptors (Lipinski definition) is 3. The van der Waals surface area contributed by atoms with Crippen LogP contribution in [0.2, 0.25) is 0 Å². The molecular weight excluding hydrogens is 585 g/mol. The van der Waals surface area contributed by atoms with Crippen LogP contribution in [-0.4, -0.2) is 0 Å². The standard InChI is InChI=1S/C45H34N2O/c1-45(2)38-29-33(31-15-6-3-7-16-31)30-42-44(38)47(39-22-12-13-24-41(39)48-42)40-23-14-21-37(43(40)45)32-25-27-36(28-26-32)46(34-17-8-4-9-18-34)35-19-10-5-11-20-35/h3-30H,1-2H3. The minimum atomic E-state index is -0.314. The Balaban J connectivity index is 1.22. The van der Waals surface area contributed by atoms with Crippen LogP contribution < -0.4 is 14.5 Å². The molecule has 48 heavy (non-hydrogen) atoms. The topological polar surface area (TPSA) is 15.7 Å². The van der Waals surface area contributed by atoms with Crippen molar-refractivity contribution in [3.05, 3.63) is 181 Å². The van der Waals surface area contributed by atoms with Gasteiger partial charge in [-0.05, 0) is 100 Å². The zero-order valence-electron chi connectivity index (χ0n) is 27.0. The van der Waals surface area contributed by atoms with Gasteiger partial charge in [-0.2, -0.15) is 0 Å². The SMILES string of the molecule is CC1(C)c2cc(-c3ccccc3)cc3c2N(c2ccccc2O3)c2cccc(-c3ccc(N(c4ccccc4)c4ccccc4)cc3)c21. The fraction of sp³-hybridized carbons (Fsp3) is 0.0667. The smallest absolute Gasteiger partial charge is 0.152 e. The third-order valence-corrected chi connectivity index (χ3v) is 9.78. The molecule has 0 unspecified atom stereocenters. The van der Waals surface area contributed by atoms with Crippen molar-refractivity contribution in [3.63, 3.8) is 0 Å². The van der Waals surface area contributed by atoms with Crippen LogP contribution in [0.1, 0.15) is 25.0 Å². The summed E-state index contributed by atoms with van der Waals surface area (Å²) < 4.78 is 6.67. The highest BCUT2D eigenvalue weighted by molar-refractivity contribution is 5.97. The maximum Gasteiger partial charge on any atom is 0.152 e. The highest BCUT2D eigenvalue weighted by Crippen LogP contribution is 2.62. The summed E-state index contributed by atoms with van der Waals surface area (Å²) in [6.07, 6.45) is 0. The normalized spacial score (nSPS) is 13.5. The minimum absolute atomic E-state index is 0.314. The van der Waals surface area contributed by atoms with Crippen LogP contribution in [0.25, 0.3) is 22.3 Å². The highest BCUT2D eigenvalue weighted by Gasteiger charge is 2.43. The van der Waals surface area contributed by atoms with E-state index in [1.54, 1.807) is 0 Å². The molecule has 7 aromatic rings. The van der Waals surface area contributed by atoms with Gasteiger partial charge < -0.3 is 14.5 Å². The van der Waals surface area contributed by atoms with Crippen molar-refractivity contribution in [2.75, 3.05) is 9.80 Å². The molecule has 7 aromatic carbocycles. The number of fused-ring (bicyclic) bond motifs is 4. The van der Waals surface area contributed by atoms with Gasteiger partial charge in [0.1, 0.15) is 0 Å². The van der Waals surface area contributed by atoms with Gasteiger partial charge in [-0.1, -0.05) is 117 Å². The van der Waals surface area contributed by atoms with E-state index in [0.717, 1.165) is 45.5 Å². The van der Waals surface area contributed by atoms with E-state index in [1.165, 1.54) is 33.5 Å². The fourth-order valence-electron chi connectivity index (χ4n) is 7.56. The zero-order valence-corrected chi connectivity index (χ0v) is 27.0. The van der Waals surface area contributed by atoms with Gasteiger partial charge in [-0.25, -0.2) is 0 Å². The first-order valence-corrected chi connectivity index (χ1v) is 16.5. The second kappa shape index (κ2) is 11.0. The molecule has 0 fully saturated rings. The third-order valence-electron chi connectivity index (χ3n) is 9.78. The van der Waals surface area contributed by atoms with Gasteiger partial charge in [-0.3, -0.25) is 0 Å². The van der Waals surface area contributed by atoms with Crippen molar-refractivity contribution in [2.45, 2.75) is 19.3 Å². The summed E-state index contributed by atoms with van der Waals surface area (Å²) in [7, 11) is 0. The summed E-state index contributed by atoms with van der Waals surface area (Å²) >= 11 is 0. The number of para-hydroxylation sites is 4. The first kappa shape index (κ1) is 28.2. The van der Waals surface area contributed by atoms with E-state index in [4.69, 9.17) is 4.74 Å². The number of rotatable bonds is 5. The van der Waals surface area contributed by atoms with Crippen LogP contribution in [0.5, 0.6) is 11.5 Å². The summed E-state index contributed by atoms with van der Waals surface area (Å²) in [6, 6.07) is 60.5. The Bertz CT molecular complexity index is 2240. The van der Waals surface area contributed by atoms with Gasteiger partial charge in [0.15, 0.2) is 11.5 Å². The first-order valence-electron chi connectivity index (χ1n) is 16.5. The molecule has 2 aliphatic rings. The fourth-order valence-corrected chi connectivity index (χ4v) is 7.56. The van der Waals surface area contributed by atoms with Gasteiger partial charge in [0.25, 0.3) is 0 Å². The van der Waals surface area contributed by atoms with Crippen LogP contribution in [-0.2, 0) is 5.41 Å². The summed E-state index contributed by atoms with van der Waals surface area (Å²) in [4.78, 5) is 4.73. The second-order valence-electron chi connectivity index (χ2n) is 13.0. The van der Waals surface area contributed by atoms with Crippen molar-refractivity contribution in [2.24, 2.45) is 0 Å². The molecule has 0 radical (unpaired) electrons. The molecule has 0 bridgehead atoms. The van der Waals surface area contributed by atoms with E-state index < -0.39 is 0 Å². The van der Waals surface area contributed by atoms with E-state index in [0.29, 0.717) is 0 Å². The average molecular weight is 619 g/mol. The zero-order chi connectivity index (χ0) is 32.2. The lowest BCUT2D eigenvalue weighted by molar-refractivity contribution is 0.471. The molecule has 9 rings (SSSR count). The van der Waals surface area contributed by atoms with Gasteiger partial charge in [-0.15, -0.1) is 0 Å². The molecule has 230 valence electrons. The number of benzene rings is 7. The van der Waals surface area contributed by atoms with Crippen LogP contribution in [0, 0.1) is 0 Å². The molecule has 0 aliphatic carbocycles. The second-order valence-corrected chi connectivity index (χ2v) is 13.0. The van der Waals surface area contributed by atoms with Crippen molar-refractivity contribution < 1.29 is 4.74 Å². The van der Waals surface area contributed by atoms with Crippen LogP contribution in [0.15, 0.2) is 170 Å². The molecule has 3 nitrogen and oxygen atoms in total. The Hall–Kier alpha value is -6.06. The predicted molar refractivity (Wildman–Crippen MR) is 199 cm³/mol. The Morgan fingerprint density at radius 3 is 1.75 bits per heavy atom. The Labute approximate surface area is 281 Å². The predicted octanol–water partition coefficient (Wildman–Crippen LogP) is 12.7. The van der Waals surface area contributed by atoms with Gasteiger partial charge >= 0.3 is 0 Å². The number of nitrogens with zero attached hydrogens (tertiary/aromatic N) is 2. The summed E-state index contributed by atoms with van der Waals surface area (Å²) in [5, 5.41) is 0. The molecule has 0 amide bonds. The quantitative estimate of drug-likeness (QED) is 0.191. The van der Waals surface area contributed by atoms with E-state index in [2.05, 4.69) is 187 Å². The summed E-state index contributed by atoms with van der Waals surface area (Å²) in [5.41, 5.74) is 13.7. The molecule has 2 aliphatic heterocycles. The Morgan fingerprint density at radius 2 is 1.06 bits per heavy atom. The van der Waals surface area contributed by atoms with E-state index in [-0.39, 0.29) is 5.41 Å². The number of anilines is 6. The number of hydrogen-bond donors (Lipinski definition) is 0. The van der Waals surface area contributed by atoms with Gasteiger partial charge in [0.2, 0.25) is 0 Å². The van der Waals surface area contributed by atoms with Crippen molar-refractivity contribution in [1.29, 1.82) is 0 Å². The average Bonchev–Trinajstić information content (AvgIpc) is 3.14. The number of ether oxygens (including phenoxy) is 1. The lowest BCUT2D eigenvalue weighted by Gasteiger charge is -2.46. The van der Waals surface area contributed by atoms with E-state index in [1.807, 2.05) is 6.07 Å². The minimum Gasteiger partial charge on any atom is -0.453 e. The first-order chi connectivity index (χ1) is 23.6. The third kappa shape index (κ3) is 4.43. The molecule has 0 saturated heterocycles. The lowest BCUT2D eigenvalue weighted by atomic mass is 9.70. The highest BCUT2D eigenvalue weighted by atomic mass is 16.5. The molecule has 0 spiro atoms. The van der Waals surface area contributed by atoms with Crippen molar-refractivity contribution in [3.8, 4) is 33.8 Å². The van der Waals surface area contributed by atoms with E-state index >= 15 is 0 Å². The molecule has 0 aromatic heterocycles. The lowest BCUT2D eigenvalue weighted by Crippen LogP contribution is -2.33. The van der Waals surface area contributed by atoms with E-state index in [9.17, 15) is 0 Å². The van der Waals surface area contributed by atoms with Gasteiger partial charge in [0, 0.05) is 22.5 Å². The van der Waals surface area contributed by atoms with Crippen LogP contribution in [0.4, 0.5) is 34.1 Å². The summed E-state index contributed by atoms with van der Waals surface area (Å²) in [6.45, 7) is 4.72. The molecule has 3 heteroatoms. The van der Waals surface area contributed by atoms with Gasteiger partial charge in [0.05, 0.1) is 17.1 Å². The maximum absolute atomic E-state index is 6.67. The Morgan fingerprint density at radius 1 is 0.479 bits per heavy atom. The van der Waals surface area contributed by atoms with Crippen LogP contribution in [0.3, 0.4) is 0 Å². The monoisotopic (exact) mass is 618 g/mol. The maximum atomic E-state index is 6.67. The molecular formula is C45H34N2O. The van der Waals surface area contributed by atoms with Crippen molar-refractivity contribution >= 4 is 34.1 Å². The largest absolute Gasteiger partial charge is 0.453 e. The van der Waals surface area contributed by atoms with Crippen molar-refractivity contribution in [1.82, 2.24) is 0 Å². The molecule has 0 atom stereocenters. The summed E-state index contributed by atoms with van der Waals surface area (Å²) in [5.74, 6) is 1.75. The molecule has 0 N–H and O–H groups in total. The molecule has 2 heterocycles. The van der Waals surface area contributed by atoms with Crippen LogP contribution >= 0.6 is 0 Å². The molecule has 0 saturated carbocycles. The Kier molecular flexibility index (Phi) is 6.48.